The summed E-state index contributed by atoms with van der Waals surface area (Å²) >= 11 is 0. The number of furan rings is 2. The summed E-state index contributed by atoms with van der Waals surface area (Å²) in [5, 5.41) is 2.25. The first kappa shape index (κ1) is 42.0. The first-order valence-corrected chi connectivity index (χ1v) is 23.6. The van der Waals surface area contributed by atoms with Crippen molar-refractivity contribution in [2.75, 3.05) is 9.80 Å². The summed E-state index contributed by atoms with van der Waals surface area (Å²) in [4.78, 5) is 5.03. The van der Waals surface area contributed by atoms with Gasteiger partial charge in [-0.25, -0.2) is 0 Å². The van der Waals surface area contributed by atoms with Gasteiger partial charge in [-0.15, -0.1) is 0 Å². The number of benzene rings is 7. The molecule has 2 aliphatic heterocycles. The molecule has 4 heterocycles. The highest BCUT2D eigenvalue weighted by Crippen LogP contribution is 2.51. The van der Waals surface area contributed by atoms with Crippen molar-refractivity contribution in [2.45, 2.75) is 99.3 Å². The number of anilines is 6. The number of hydrogen-bond donors (Lipinski definition) is 0. The lowest BCUT2D eigenvalue weighted by Crippen LogP contribution is -2.61. The summed E-state index contributed by atoms with van der Waals surface area (Å²) in [5.41, 5.74) is 22.1. The minimum absolute atomic E-state index is 0.00184. The first-order valence-electron chi connectivity index (χ1n) is 23.6. The van der Waals surface area contributed by atoms with Gasteiger partial charge in [-0.1, -0.05) is 147 Å². The molecule has 0 N–H and O–H groups in total. The van der Waals surface area contributed by atoms with Gasteiger partial charge < -0.3 is 13.7 Å². The lowest BCUT2D eigenvalue weighted by Gasteiger charge is -2.44. The summed E-state index contributed by atoms with van der Waals surface area (Å²) in [6.07, 6.45) is 0. The van der Waals surface area contributed by atoms with Gasteiger partial charge in [-0.2, -0.15) is 0 Å². The number of para-hydroxylation sites is 1. The second-order valence-corrected chi connectivity index (χ2v) is 22.1. The van der Waals surface area contributed by atoms with Crippen molar-refractivity contribution in [3.8, 4) is 22.5 Å². The Morgan fingerprint density at radius 3 is 1.77 bits per heavy atom. The van der Waals surface area contributed by atoms with Gasteiger partial charge in [0.25, 0.3) is 6.71 Å². The van der Waals surface area contributed by atoms with E-state index in [2.05, 4.69) is 226 Å². The van der Waals surface area contributed by atoms with E-state index >= 15 is 0 Å². The molecule has 66 heavy (non-hydrogen) atoms. The molecular formula is C61H59BN2O2. The number of aryl methyl sites for hydroxylation is 3. The molecule has 4 nitrogen and oxygen atoms in total. The zero-order chi connectivity index (χ0) is 46.2. The highest BCUT2D eigenvalue weighted by atomic mass is 16.4. The largest absolute Gasteiger partial charge is 0.456 e. The fourth-order valence-corrected chi connectivity index (χ4v) is 10.7. The van der Waals surface area contributed by atoms with E-state index in [9.17, 15) is 0 Å². The van der Waals surface area contributed by atoms with Crippen LogP contribution in [0.2, 0.25) is 0 Å². The molecule has 0 spiro atoms. The number of nitrogens with zero attached hydrogens (tertiary/aromatic N) is 2. The molecule has 0 amide bonds. The van der Waals surface area contributed by atoms with Crippen LogP contribution in [-0.2, 0) is 16.2 Å². The standard InChI is InChI=1S/C61H59BN2O2/c1-36-28-50-56-51(29-36)64(57-37(2)30-44(31-38(57)3)61(10,11)12)58-55(46-35-43(60(7,8)9)24-27-53(46)66-58)62(56)47-25-22-41(54-33-40-20-16-17-21-52(40)65-54)32-49(47)63(50)48-26-23-42(59(4,5)6)34-45(48)39-18-14-13-15-19-39/h13-35H,1-12H3. The van der Waals surface area contributed by atoms with Gasteiger partial charge in [0.2, 0.25) is 5.88 Å². The maximum absolute atomic E-state index is 7.30. The van der Waals surface area contributed by atoms with Crippen LogP contribution in [0.3, 0.4) is 0 Å². The summed E-state index contributed by atoms with van der Waals surface area (Å²) in [6.45, 7) is 27.4. The molecule has 0 atom stereocenters. The minimum Gasteiger partial charge on any atom is -0.456 e. The van der Waals surface area contributed by atoms with E-state index in [0.717, 1.165) is 56.2 Å². The normalized spacial score (nSPS) is 13.7. The number of hydrogen-bond acceptors (Lipinski definition) is 4. The van der Waals surface area contributed by atoms with Gasteiger partial charge in [0.15, 0.2) is 0 Å². The lowest BCUT2D eigenvalue weighted by atomic mass is 9.33. The van der Waals surface area contributed by atoms with E-state index in [1.165, 1.54) is 72.3 Å². The molecule has 2 aromatic heterocycles. The second kappa shape index (κ2) is 14.6. The molecule has 2 aliphatic rings. The Bertz CT molecular complexity index is 3370. The molecule has 11 rings (SSSR count). The molecule has 0 unspecified atom stereocenters. The van der Waals surface area contributed by atoms with Gasteiger partial charge in [-0.3, -0.25) is 4.90 Å². The van der Waals surface area contributed by atoms with Gasteiger partial charge >= 0.3 is 0 Å². The molecule has 0 fully saturated rings. The molecule has 0 bridgehead atoms. The summed E-state index contributed by atoms with van der Waals surface area (Å²) in [5.74, 6) is 1.74. The predicted octanol–water partition coefficient (Wildman–Crippen LogP) is 15.4. The Kier molecular flexibility index (Phi) is 9.31. The van der Waals surface area contributed by atoms with E-state index in [1.54, 1.807) is 0 Å². The van der Waals surface area contributed by atoms with Crippen LogP contribution >= 0.6 is 0 Å². The van der Waals surface area contributed by atoms with Gasteiger partial charge in [-0.05, 0) is 141 Å². The molecular weight excluding hydrogens is 803 g/mol. The van der Waals surface area contributed by atoms with Crippen molar-refractivity contribution in [1.82, 2.24) is 0 Å². The van der Waals surface area contributed by atoms with E-state index < -0.39 is 0 Å². The molecule has 0 aliphatic carbocycles. The quantitative estimate of drug-likeness (QED) is 0.165. The lowest BCUT2D eigenvalue weighted by molar-refractivity contribution is 0.588. The van der Waals surface area contributed by atoms with Crippen LogP contribution in [0.25, 0.3) is 44.4 Å². The van der Waals surface area contributed by atoms with Gasteiger partial charge in [0.05, 0.1) is 11.4 Å². The van der Waals surface area contributed by atoms with Crippen LogP contribution in [0.15, 0.2) is 148 Å². The topological polar surface area (TPSA) is 32.8 Å². The smallest absolute Gasteiger partial charge is 0.257 e. The highest BCUT2D eigenvalue weighted by Gasteiger charge is 2.47. The fourth-order valence-electron chi connectivity index (χ4n) is 10.7. The van der Waals surface area contributed by atoms with Crippen molar-refractivity contribution in [3.05, 3.63) is 173 Å². The summed E-state index contributed by atoms with van der Waals surface area (Å²) in [6, 6.07) is 52.0. The average Bonchev–Trinajstić information content (AvgIpc) is 3.88. The van der Waals surface area contributed by atoms with Crippen molar-refractivity contribution < 1.29 is 8.83 Å². The van der Waals surface area contributed by atoms with Crippen LogP contribution in [0.1, 0.15) is 95.7 Å². The van der Waals surface area contributed by atoms with Crippen LogP contribution in [0.4, 0.5) is 34.3 Å². The summed E-state index contributed by atoms with van der Waals surface area (Å²) in [7, 11) is 0. The Morgan fingerprint density at radius 2 is 1.09 bits per heavy atom. The van der Waals surface area contributed by atoms with Gasteiger partial charge in [0, 0.05) is 44.4 Å². The molecule has 0 saturated carbocycles. The SMILES string of the molecule is Cc1cc2c3c(c1)N(c1c(C)cc(C(C)(C)C)cc1C)c1oc4ccc(C(C)(C)C)cc4c1B3c1ccc(-c3cc4ccccc4o3)cc1N2c1ccc(C(C)(C)C)cc1-c1ccccc1. The molecule has 5 heteroatoms. The maximum Gasteiger partial charge on any atom is 0.257 e. The molecule has 328 valence electrons. The predicted molar refractivity (Wildman–Crippen MR) is 281 cm³/mol. The second-order valence-electron chi connectivity index (χ2n) is 22.1. The molecule has 9 aromatic rings. The van der Waals surface area contributed by atoms with Crippen LogP contribution in [-0.4, -0.2) is 6.71 Å². The van der Waals surface area contributed by atoms with Crippen molar-refractivity contribution in [1.29, 1.82) is 0 Å². The minimum atomic E-state index is -0.127. The molecule has 0 radical (unpaired) electrons. The van der Waals surface area contributed by atoms with Crippen molar-refractivity contribution in [3.63, 3.8) is 0 Å². The molecule has 7 aromatic carbocycles. The Labute approximate surface area is 391 Å². The van der Waals surface area contributed by atoms with E-state index in [0.29, 0.717) is 0 Å². The Morgan fingerprint density at radius 1 is 0.455 bits per heavy atom. The average molecular weight is 863 g/mol. The summed E-state index contributed by atoms with van der Waals surface area (Å²) < 4.78 is 13.9. The van der Waals surface area contributed by atoms with E-state index in [4.69, 9.17) is 8.83 Å². The zero-order valence-electron chi connectivity index (χ0n) is 40.6. The molecule has 0 saturated heterocycles. The third kappa shape index (κ3) is 6.64. The Balaban J connectivity index is 1.27. The van der Waals surface area contributed by atoms with E-state index in [-0.39, 0.29) is 23.0 Å². The van der Waals surface area contributed by atoms with Crippen molar-refractivity contribution >= 4 is 79.4 Å². The first-order chi connectivity index (χ1) is 31.3. The Hall–Kier alpha value is -6.72. The third-order valence-corrected chi connectivity index (χ3v) is 14.2. The van der Waals surface area contributed by atoms with Crippen LogP contribution in [0, 0.1) is 20.8 Å². The van der Waals surface area contributed by atoms with Crippen molar-refractivity contribution in [2.24, 2.45) is 0 Å². The third-order valence-electron chi connectivity index (χ3n) is 14.2. The monoisotopic (exact) mass is 862 g/mol. The van der Waals surface area contributed by atoms with Gasteiger partial charge in [0.1, 0.15) is 16.9 Å². The van der Waals surface area contributed by atoms with E-state index in [1.807, 2.05) is 6.07 Å². The fraction of sp³-hybridized carbons (Fsp3) is 0.246. The zero-order valence-corrected chi connectivity index (χ0v) is 40.6. The van der Waals surface area contributed by atoms with Crippen LogP contribution in [0.5, 0.6) is 0 Å². The highest BCUT2D eigenvalue weighted by molar-refractivity contribution is 7.01. The number of rotatable bonds is 4. The number of fused-ring (bicyclic) bond motifs is 7. The maximum atomic E-state index is 7.30. The van der Waals surface area contributed by atoms with Crippen LogP contribution < -0.4 is 26.2 Å².